The van der Waals surface area contributed by atoms with Crippen LogP contribution in [-0.2, 0) is 6.54 Å². The van der Waals surface area contributed by atoms with Crippen molar-refractivity contribution in [2.24, 2.45) is 0 Å². The van der Waals surface area contributed by atoms with Crippen molar-refractivity contribution >= 4 is 5.69 Å². The molecule has 0 aliphatic carbocycles. The van der Waals surface area contributed by atoms with Gasteiger partial charge >= 0.3 is 0 Å². The number of rotatable bonds is 3. The first kappa shape index (κ1) is 12.2. The van der Waals surface area contributed by atoms with Crippen LogP contribution in [0, 0.1) is 0 Å². The first-order valence-corrected chi connectivity index (χ1v) is 6.37. The molecule has 94 valence electrons. The van der Waals surface area contributed by atoms with Crippen molar-refractivity contribution in [3.8, 4) is 0 Å². The smallest absolute Gasteiger partial charge is 0.250 e. The third kappa shape index (κ3) is 3.09. The van der Waals surface area contributed by atoms with E-state index >= 15 is 0 Å². The number of piperidine rings is 1. The minimum absolute atomic E-state index is 0.0314. The van der Waals surface area contributed by atoms with Crippen molar-refractivity contribution in [1.29, 1.82) is 0 Å². The monoisotopic (exact) mass is 235 g/mol. The van der Waals surface area contributed by atoms with Gasteiger partial charge in [0.1, 0.15) is 0 Å². The average Bonchev–Trinajstić information content (AvgIpc) is 2.32. The fraction of sp³-hybridized carbons (Fsp3) is 0.615. The normalized spacial score (nSPS) is 21.6. The number of anilines is 1. The topological polar surface area (TPSA) is 51.3 Å². The van der Waals surface area contributed by atoms with Crippen LogP contribution in [0.4, 0.5) is 5.69 Å². The molecule has 1 aromatic rings. The number of likely N-dealkylation sites (tertiary alicyclic amines) is 1. The van der Waals surface area contributed by atoms with Crippen molar-refractivity contribution in [3.63, 3.8) is 0 Å². The van der Waals surface area contributed by atoms with E-state index in [4.69, 9.17) is 5.73 Å². The third-order valence-electron chi connectivity index (χ3n) is 3.58. The van der Waals surface area contributed by atoms with Gasteiger partial charge in [-0.2, -0.15) is 0 Å². The Morgan fingerprint density at radius 3 is 2.94 bits per heavy atom. The van der Waals surface area contributed by atoms with Crippen LogP contribution in [0.3, 0.4) is 0 Å². The van der Waals surface area contributed by atoms with Crippen molar-refractivity contribution in [2.45, 2.75) is 38.8 Å². The fourth-order valence-electron chi connectivity index (χ4n) is 2.45. The second-order valence-electron chi connectivity index (χ2n) is 4.87. The zero-order valence-corrected chi connectivity index (χ0v) is 10.4. The highest BCUT2D eigenvalue weighted by Gasteiger charge is 2.17. The first-order chi connectivity index (χ1) is 8.16. The molecular weight excluding hydrogens is 214 g/mol. The Morgan fingerprint density at radius 2 is 2.18 bits per heavy atom. The van der Waals surface area contributed by atoms with Crippen LogP contribution in [0.15, 0.2) is 23.1 Å². The fourth-order valence-corrected chi connectivity index (χ4v) is 2.45. The van der Waals surface area contributed by atoms with Gasteiger partial charge in [0.2, 0.25) is 0 Å². The molecule has 2 heterocycles. The van der Waals surface area contributed by atoms with E-state index in [1.807, 2.05) is 0 Å². The maximum Gasteiger partial charge on any atom is 0.250 e. The molecule has 0 saturated carbocycles. The number of pyridine rings is 1. The number of hydrogen-bond donors (Lipinski definition) is 1. The summed E-state index contributed by atoms with van der Waals surface area (Å²) in [5.74, 6) is 0. The largest absolute Gasteiger partial charge is 0.398 e. The number of aromatic nitrogens is 1. The molecule has 17 heavy (non-hydrogen) atoms. The second-order valence-corrected chi connectivity index (χ2v) is 4.87. The van der Waals surface area contributed by atoms with Gasteiger partial charge in [-0.1, -0.05) is 6.42 Å². The van der Waals surface area contributed by atoms with Gasteiger partial charge in [-0.15, -0.1) is 0 Å². The number of nitrogens with zero attached hydrogens (tertiary/aromatic N) is 2. The predicted octanol–water partition coefficient (Wildman–Crippen LogP) is 1.30. The van der Waals surface area contributed by atoms with Crippen molar-refractivity contribution in [2.75, 3.05) is 18.8 Å². The van der Waals surface area contributed by atoms with E-state index in [2.05, 4.69) is 11.8 Å². The Balaban J connectivity index is 1.97. The molecule has 1 aliphatic rings. The zero-order chi connectivity index (χ0) is 12.3. The van der Waals surface area contributed by atoms with Crippen molar-refractivity contribution < 1.29 is 0 Å². The van der Waals surface area contributed by atoms with Crippen LogP contribution < -0.4 is 11.3 Å². The van der Waals surface area contributed by atoms with Crippen LogP contribution in [0.1, 0.15) is 26.2 Å². The molecule has 4 nitrogen and oxygen atoms in total. The third-order valence-corrected chi connectivity index (χ3v) is 3.58. The van der Waals surface area contributed by atoms with Gasteiger partial charge in [-0.25, -0.2) is 0 Å². The molecule has 0 amide bonds. The Hall–Kier alpha value is -1.29. The molecule has 1 fully saturated rings. The summed E-state index contributed by atoms with van der Waals surface area (Å²) in [6, 6.07) is 3.83. The molecule has 1 saturated heterocycles. The molecule has 0 radical (unpaired) electrons. The Morgan fingerprint density at radius 1 is 1.35 bits per heavy atom. The van der Waals surface area contributed by atoms with E-state index in [0.717, 1.165) is 19.6 Å². The summed E-state index contributed by atoms with van der Waals surface area (Å²) in [6.45, 7) is 5.08. The van der Waals surface area contributed by atoms with E-state index in [1.54, 1.807) is 16.8 Å². The molecule has 2 rings (SSSR count). The van der Waals surface area contributed by atoms with Gasteiger partial charge in [-0.3, -0.25) is 9.69 Å². The van der Waals surface area contributed by atoms with Crippen LogP contribution in [0.5, 0.6) is 0 Å². The molecule has 0 bridgehead atoms. The maximum absolute atomic E-state index is 11.6. The van der Waals surface area contributed by atoms with Gasteiger partial charge in [0, 0.05) is 37.1 Å². The SMILES string of the molecule is CC1CCCCN1CCn1cc(N)ccc1=O. The first-order valence-electron chi connectivity index (χ1n) is 6.37. The Kier molecular flexibility index (Phi) is 3.84. The highest BCUT2D eigenvalue weighted by Crippen LogP contribution is 2.15. The van der Waals surface area contributed by atoms with Crippen LogP contribution in [-0.4, -0.2) is 28.6 Å². The minimum atomic E-state index is 0.0314. The molecule has 0 aromatic carbocycles. The number of nitrogen functional groups attached to an aromatic ring is 1. The molecule has 0 spiro atoms. The summed E-state index contributed by atoms with van der Waals surface area (Å²) < 4.78 is 1.71. The summed E-state index contributed by atoms with van der Waals surface area (Å²) in [5, 5.41) is 0. The van der Waals surface area contributed by atoms with Gasteiger partial charge < -0.3 is 10.3 Å². The van der Waals surface area contributed by atoms with E-state index in [0.29, 0.717) is 11.7 Å². The summed E-state index contributed by atoms with van der Waals surface area (Å²) in [4.78, 5) is 14.1. The summed E-state index contributed by atoms with van der Waals surface area (Å²) in [5.41, 5.74) is 6.37. The van der Waals surface area contributed by atoms with Gasteiger partial charge in [0.15, 0.2) is 0 Å². The lowest BCUT2D eigenvalue weighted by molar-refractivity contribution is 0.154. The van der Waals surface area contributed by atoms with E-state index in [-0.39, 0.29) is 5.56 Å². The molecule has 2 N–H and O–H groups in total. The van der Waals surface area contributed by atoms with E-state index < -0.39 is 0 Å². The Labute approximate surface area is 102 Å². The summed E-state index contributed by atoms with van der Waals surface area (Å²) in [6.07, 6.45) is 5.61. The molecule has 1 atom stereocenters. The van der Waals surface area contributed by atoms with E-state index in [1.165, 1.54) is 25.3 Å². The van der Waals surface area contributed by atoms with Gasteiger partial charge in [0.05, 0.1) is 0 Å². The molecule has 1 aliphatic heterocycles. The van der Waals surface area contributed by atoms with Crippen LogP contribution in [0.2, 0.25) is 0 Å². The predicted molar refractivity (Wildman–Crippen MR) is 70.0 cm³/mol. The number of nitrogens with two attached hydrogens (primary N) is 1. The summed E-state index contributed by atoms with van der Waals surface area (Å²) >= 11 is 0. The van der Waals surface area contributed by atoms with Crippen LogP contribution >= 0.6 is 0 Å². The maximum atomic E-state index is 11.6. The second kappa shape index (κ2) is 5.36. The van der Waals surface area contributed by atoms with Crippen molar-refractivity contribution in [1.82, 2.24) is 9.47 Å². The average molecular weight is 235 g/mol. The zero-order valence-electron chi connectivity index (χ0n) is 10.4. The Bertz CT molecular complexity index is 427. The lowest BCUT2D eigenvalue weighted by Gasteiger charge is -2.33. The lowest BCUT2D eigenvalue weighted by Crippen LogP contribution is -2.40. The lowest BCUT2D eigenvalue weighted by atomic mass is 10.0. The molecule has 1 aromatic heterocycles. The van der Waals surface area contributed by atoms with Crippen LogP contribution in [0.25, 0.3) is 0 Å². The molecule has 1 unspecified atom stereocenters. The van der Waals surface area contributed by atoms with Gasteiger partial charge in [-0.05, 0) is 32.4 Å². The molecule has 4 heteroatoms. The quantitative estimate of drug-likeness (QED) is 0.859. The summed E-state index contributed by atoms with van der Waals surface area (Å²) in [7, 11) is 0. The van der Waals surface area contributed by atoms with Gasteiger partial charge in [0.25, 0.3) is 5.56 Å². The van der Waals surface area contributed by atoms with Crippen molar-refractivity contribution in [3.05, 3.63) is 28.7 Å². The highest BCUT2D eigenvalue weighted by atomic mass is 16.1. The standard InChI is InChI=1S/C13H21N3O/c1-11-4-2-3-7-15(11)8-9-16-10-12(14)5-6-13(16)17/h5-6,10-11H,2-4,7-9,14H2,1H3. The van der Waals surface area contributed by atoms with E-state index in [9.17, 15) is 4.79 Å². The number of hydrogen-bond acceptors (Lipinski definition) is 3. The molecular formula is C13H21N3O. The minimum Gasteiger partial charge on any atom is -0.398 e. The highest BCUT2D eigenvalue weighted by molar-refractivity contribution is 5.33.